The zero-order valence-corrected chi connectivity index (χ0v) is 11.3. The Morgan fingerprint density at radius 1 is 1.22 bits per heavy atom. The fraction of sp³-hybridized carbons (Fsp3) is 0.429. The number of nitrogens with zero attached hydrogens (tertiary/aromatic N) is 1. The molecule has 1 aromatic rings. The number of esters is 1. The van der Waals surface area contributed by atoms with Crippen LogP contribution >= 0.6 is 0 Å². The predicted octanol–water partition coefficient (Wildman–Crippen LogP) is 2.06. The molecule has 1 rings (SSSR count). The van der Waals surface area contributed by atoms with Gasteiger partial charge in [0, 0.05) is 19.8 Å². The maximum absolute atomic E-state index is 12.0. The summed E-state index contributed by atoms with van der Waals surface area (Å²) in [6, 6.07) is 5.57. The number of hydrogen-bond donors (Lipinski definition) is 0. The lowest BCUT2D eigenvalue weighted by Gasteiger charge is -2.17. The van der Waals surface area contributed by atoms with Gasteiger partial charge in [-0.05, 0) is 31.0 Å². The standard InChI is InChI=1S/C14H19NO3/c1-5-10-7-8-12(15(3)4)11(9-10)13(16)14(17)18-6-2/h7-9H,5-6H2,1-4H3. The minimum absolute atomic E-state index is 0.204. The number of hydrogen-bond acceptors (Lipinski definition) is 4. The highest BCUT2D eigenvalue weighted by Gasteiger charge is 2.21. The monoisotopic (exact) mass is 249 g/mol. The minimum atomic E-state index is -0.797. The molecule has 0 atom stereocenters. The van der Waals surface area contributed by atoms with Crippen molar-refractivity contribution in [1.82, 2.24) is 0 Å². The molecule has 0 N–H and O–H groups in total. The highest BCUT2D eigenvalue weighted by Crippen LogP contribution is 2.21. The highest BCUT2D eigenvalue weighted by atomic mass is 16.5. The number of anilines is 1. The maximum Gasteiger partial charge on any atom is 0.379 e. The van der Waals surface area contributed by atoms with Gasteiger partial charge in [0.05, 0.1) is 12.2 Å². The zero-order valence-electron chi connectivity index (χ0n) is 11.3. The van der Waals surface area contributed by atoms with Gasteiger partial charge in [0.1, 0.15) is 0 Å². The lowest BCUT2D eigenvalue weighted by Crippen LogP contribution is -2.21. The summed E-state index contributed by atoms with van der Waals surface area (Å²) in [4.78, 5) is 25.4. The molecule has 0 spiro atoms. The van der Waals surface area contributed by atoms with Crippen LogP contribution < -0.4 is 4.90 Å². The molecule has 0 bridgehead atoms. The molecule has 4 heteroatoms. The third kappa shape index (κ3) is 3.09. The van der Waals surface area contributed by atoms with Gasteiger partial charge in [-0.15, -0.1) is 0 Å². The number of rotatable bonds is 5. The second-order valence-corrected chi connectivity index (χ2v) is 4.15. The molecule has 4 nitrogen and oxygen atoms in total. The van der Waals surface area contributed by atoms with Crippen LogP contribution in [-0.2, 0) is 16.0 Å². The van der Waals surface area contributed by atoms with E-state index in [1.165, 1.54) is 0 Å². The number of benzene rings is 1. The minimum Gasteiger partial charge on any atom is -0.460 e. The van der Waals surface area contributed by atoms with Gasteiger partial charge in [-0.25, -0.2) is 4.79 Å². The lowest BCUT2D eigenvalue weighted by atomic mass is 10.0. The summed E-state index contributed by atoms with van der Waals surface area (Å²) in [7, 11) is 3.67. The maximum atomic E-state index is 12.0. The summed E-state index contributed by atoms with van der Waals surface area (Å²) in [6.45, 7) is 3.89. The average molecular weight is 249 g/mol. The quantitative estimate of drug-likeness (QED) is 0.455. The summed E-state index contributed by atoms with van der Waals surface area (Å²) >= 11 is 0. The number of carbonyl (C=O) groups excluding carboxylic acids is 2. The molecular weight excluding hydrogens is 230 g/mol. The van der Waals surface area contributed by atoms with Crippen molar-refractivity contribution in [1.29, 1.82) is 0 Å². The number of carbonyl (C=O) groups is 2. The van der Waals surface area contributed by atoms with Crippen molar-refractivity contribution < 1.29 is 14.3 Å². The van der Waals surface area contributed by atoms with Crippen LogP contribution in [0.4, 0.5) is 5.69 Å². The van der Waals surface area contributed by atoms with Gasteiger partial charge in [-0.3, -0.25) is 4.79 Å². The van der Waals surface area contributed by atoms with Gasteiger partial charge in [-0.1, -0.05) is 13.0 Å². The topological polar surface area (TPSA) is 46.6 Å². The number of Topliss-reactive ketones (excluding diaryl/α,β-unsaturated/α-hetero) is 1. The second-order valence-electron chi connectivity index (χ2n) is 4.15. The Balaban J connectivity index is 3.18. The summed E-state index contributed by atoms with van der Waals surface area (Å²) in [5.41, 5.74) is 2.15. The molecule has 0 radical (unpaired) electrons. The van der Waals surface area contributed by atoms with Crippen LogP contribution in [0.25, 0.3) is 0 Å². The fourth-order valence-corrected chi connectivity index (χ4v) is 1.68. The first-order chi connectivity index (χ1) is 8.51. The van der Waals surface area contributed by atoms with Crippen molar-refractivity contribution in [3.05, 3.63) is 29.3 Å². The summed E-state index contributed by atoms with van der Waals surface area (Å²) < 4.78 is 4.76. The number of ketones is 1. The molecule has 0 unspecified atom stereocenters. The Morgan fingerprint density at radius 3 is 2.39 bits per heavy atom. The van der Waals surface area contributed by atoms with Crippen LogP contribution in [0.3, 0.4) is 0 Å². The average Bonchev–Trinajstić information content (AvgIpc) is 2.37. The lowest BCUT2D eigenvalue weighted by molar-refractivity contribution is -0.137. The van der Waals surface area contributed by atoms with E-state index in [1.54, 1.807) is 13.0 Å². The van der Waals surface area contributed by atoms with Gasteiger partial charge < -0.3 is 9.64 Å². The highest BCUT2D eigenvalue weighted by molar-refractivity contribution is 6.41. The van der Waals surface area contributed by atoms with E-state index in [2.05, 4.69) is 0 Å². The fourth-order valence-electron chi connectivity index (χ4n) is 1.68. The van der Waals surface area contributed by atoms with E-state index in [-0.39, 0.29) is 6.61 Å². The van der Waals surface area contributed by atoms with Crippen LogP contribution in [-0.4, -0.2) is 32.5 Å². The van der Waals surface area contributed by atoms with E-state index in [0.29, 0.717) is 5.56 Å². The first-order valence-corrected chi connectivity index (χ1v) is 6.02. The van der Waals surface area contributed by atoms with Crippen molar-refractivity contribution >= 4 is 17.4 Å². The molecule has 0 aliphatic rings. The van der Waals surface area contributed by atoms with Crippen LogP contribution in [0.2, 0.25) is 0 Å². The smallest absolute Gasteiger partial charge is 0.379 e. The number of ether oxygens (including phenoxy) is 1. The normalized spacial score (nSPS) is 10.0. The van der Waals surface area contributed by atoms with Gasteiger partial charge >= 0.3 is 5.97 Å². The molecule has 0 aliphatic heterocycles. The molecule has 1 aromatic carbocycles. The van der Waals surface area contributed by atoms with E-state index in [1.807, 2.05) is 38.1 Å². The third-order valence-electron chi connectivity index (χ3n) is 2.66. The molecule has 0 saturated heterocycles. The second kappa shape index (κ2) is 6.19. The Labute approximate surface area is 108 Å². The predicted molar refractivity (Wildman–Crippen MR) is 71.1 cm³/mol. The van der Waals surface area contributed by atoms with Gasteiger partial charge in [-0.2, -0.15) is 0 Å². The summed E-state index contributed by atoms with van der Waals surface area (Å²) in [5.74, 6) is -1.38. The van der Waals surface area contributed by atoms with Crippen molar-refractivity contribution in [3.8, 4) is 0 Å². The van der Waals surface area contributed by atoms with E-state index in [4.69, 9.17) is 4.74 Å². The summed E-state index contributed by atoms with van der Waals surface area (Å²) in [6.07, 6.45) is 0.816. The van der Waals surface area contributed by atoms with E-state index < -0.39 is 11.8 Å². The third-order valence-corrected chi connectivity index (χ3v) is 2.66. The van der Waals surface area contributed by atoms with Crippen LogP contribution in [0.1, 0.15) is 29.8 Å². The molecule has 0 heterocycles. The first-order valence-electron chi connectivity index (χ1n) is 6.02. The largest absolute Gasteiger partial charge is 0.460 e. The van der Waals surface area contributed by atoms with Crippen molar-refractivity contribution in [3.63, 3.8) is 0 Å². The van der Waals surface area contributed by atoms with Gasteiger partial charge in [0.15, 0.2) is 0 Å². The molecule has 0 aromatic heterocycles. The van der Waals surface area contributed by atoms with E-state index >= 15 is 0 Å². The van der Waals surface area contributed by atoms with Crippen molar-refractivity contribution in [2.75, 3.05) is 25.6 Å². The Kier molecular flexibility index (Phi) is 4.89. The molecule has 0 saturated carbocycles. The van der Waals surface area contributed by atoms with Crippen LogP contribution in [0.5, 0.6) is 0 Å². The number of aryl methyl sites for hydroxylation is 1. The Hall–Kier alpha value is -1.84. The Bertz CT molecular complexity index is 452. The molecule has 18 heavy (non-hydrogen) atoms. The van der Waals surface area contributed by atoms with Gasteiger partial charge in [0.2, 0.25) is 0 Å². The van der Waals surface area contributed by atoms with Crippen LogP contribution in [0, 0.1) is 0 Å². The van der Waals surface area contributed by atoms with Gasteiger partial charge in [0.25, 0.3) is 5.78 Å². The molecule has 0 amide bonds. The molecular formula is C14H19NO3. The molecule has 0 aliphatic carbocycles. The molecule has 0 fully saturated rings. The molecule has 98 valence electrons. The van der Waals surface area contributed by atoms with Crippen molar-refractivity contribution in [2.45, 2.75) is 20.3 Å². The zero-order chi connectivity index (χ0) is 13.7. The Morgan fingerprint density at radius 2 is 1.89 bits per heavy atom. The van der Waals surface area contributed by atoms with E-state index in [9.17, 15) is 9.59 Å². The van der Waals surface area contributed by atoms with E-state index in [0.717, 1.165) is 17.7 Å². The van der Waals surface area contributed by atoms with Crippen LogP contribution in [0.15, 0.2) is 18.2 Å². The SMILES string of the molecule is CCOC(=O)C(=O)c1cc(CC)ccc1N(C)C. The summed E-state index contributed by atoms with van der Waals surface area (Å²) in [5, 5.41) is 0. The first kappa shape index (κ1) is 14.2. The van der Waals surface area contributed by atoms with Crippen molar-refractivity contribution in [2.24, 2.45) is 0 Å².